The topological polar surface area (TPSA) is 145 Å². The fourth-order valence-electron chi connectivity index (χ4n) is 5.08. The van der Waals surface area contributed by atoms with Crippen molar-refractivity contribution in [1.29, 1.82) is 0 Å². The number of aromatic nitrogens is 1. The highest BCUT2D eigenvalue weighted by atomic mass is 16.5. The van der Waals surface area contributed by atoms with Crippen molar-refractivity contribution in [3.63, 3.8) is 0 Å². The summed E-state index contributed by atoms with van der Waals surface area (Å²) in [7, 11) is 3.17. The summed E-state index contributed by atoms with van der Waals surface area (Å²) < 4.78 is 12.8. The minimum Gasteiger partial charge on any atom is -0.496 e. The van der Waals surface area contributed by atoms with Gasteiger partial charge < -0.3 is 35.5 Å². The number of hydrogen-bond acceptors (Lipinski definition) is 6. The number of fused-ring (bicyclic) bond motifs is 1. The van der Waals surface area contributed by atoms with Crippen LogP contribution in [0, 0.1) is 6.92 Å². The summed E-state index contributed by atoms with van der Waals surface area (Å²) in [5.74, 6) is -0.708. The molecule has 2 atom stereocenters. The van der Waals surface area contributed by atoms with Crippen LogP contribution < -0.4 is 25.8 Å². The van der Waals surface area contributed by atoms with Gasteiger partial charge in [-0.1, -0.05) is 38.0 Å². The van der Waals surface area contributed by atoms with Gasteiger partial charge in [0.15, 0.2) is 0 Å². The van der Waals surface area contributed by atoms with Crippen LogP contribution in [0.2, 0.25) is 0 Å². The molecule has 2 aromatic carbocycles. The normalized spacial score (nSPS) is 12.5. The quantitative estimate of drug-likeness (QED) is 0.189. The van der Waals surface area contributed by atoms with Crippen molar-refractivity contribution in [1.82, 2.24) is 15.2 Å². The lowest BCUT2D eigenvalue weighted by molar-refractivity contribution is -0.137. The Hall–Kier alpha value is -4.05. The molecule has 0 radical (unpaired) electrons. The van der Waals surface area contributed by atoms with Gasteiger partial charge in [0.2, 0.25) is 5.91 Å². The zero-order valence-corrected chi connectivity index (χ0v) is 24.4. The van der Waals surface area contributed by atoms with Crippen LogP contribution in [-0.2, 0) is 16.1 Å². The zero-order valence-electron chi connectivity index (χ0n) is 24.4. The third-order valence-electron chi connectivity index (χ3n) is 7.10. The Morgan fingerprint density at radius 1 is 0.976 bits per heavy atom. The van der Waals surface area contributed by atoms with E-state index in [0.29, 0.717) is 49.2 Å². The molecule has 0 bridgehead atoms. The summed E-state index contributed by atoms with van der Waals surface area (Å²) in [6.45, 7) is 4.11. The number of aliphatic carboxylic acids is 1. The third-order valence-corrected chi connectivity index (χ3v) is 7.10. The highest BCUT2D eigenvalue weighted by molar-refractivity contribution is 6.01. The highest BCUT2D eigenvalue weighted by Crippen LogP contribution is 2.38. The summed E-state index contributed by atoms with van der Waals surface area (Å²) in [5.41, 5.74) is 8.22. The first-order valence-electron chi connectivity index (χ1n) is 14.1. The Morgan fingerprint density at radius 3 is 2.27 bits per heavy atom. The number of aryl methyl sites for hydroxylation is 1. The summed E-state index contributed by atoms with van der Waals surface area (Å²) in [5, 5.41) is 16.3. The van der Waals surface area contributed by atoms with Crippen LogP contribution in [-0.4, -0.2) is 54.3 Å². The largest absolute Gasteiger partial charge is 0.496 e. The molecular weight excluding hydrogens is 524 g/mol. The minimum atomic E-state index is -1.07. The molecule has 5 N–H and O–H groups in total. The van der Waals surface area contributed by atoms with Crippen LogP contribution in [0.1, 0.15) is 73.1 Å². The number of rotatable bonds is 16. The molecule has 0 fully saturated rings. The maximum Gasteiger partial charge on any atom is 0.323 e. The summed E-state index contributed by atoms with van der Waals surface area (Å²) in [4.78, 5) is 39.0. The monoisotopic (exact) mass is 566 g/mol. The Labute approximate surface area is 241 Å². The summed E-state index contributed by atoms with van der Waals surface area (Å²) >= 11 is 0. The number of nitrogens with one attached hydrogen (secondary N) is 2. The fraction of sp³-hybridized carbons (Fsp3) is 0.452. The Balaban J connectivity index is 1.94. The van der Waals surface area contributed by atoms with E-state index < -0.39 is 24.0 Å². The third kappa shape index (κ3) is 8.00. The number of nitrogens with zero attached hydrogens (tertiary/aromatic N) is 1. The molecule has 0 aliphatic heterocycles. The smallest absolute Gasteiger partial charge is 0.323 e. The van der Waals surface area contributed by atoms with E-state index in [1.165, 1.54) is 4.57 Å². The van der Waals surface area contributed by atoms with Gasteiger partial charge in [-0.05, 0) is 69.0 Å². The molecule has 0 aliphatic carbocycles. The molecule has 10 heteroatoms. The van der Waals surface area contributed by atoms with Crippen molar-refractivity contribution in [3.05, 3.63) is 59.3 Å². The van der Waals surface area contributed by atoms with Crippen LogP contribution in [0.3, 0.4) is 0 Å². The number of benzene rings is 2. The van der Waals surface area contributed by atoms with Gasteiger partial charge in [0.1, 0.15) is 29.8 Å². The number of ether oxygens (including phenoxy) is 2. The average molecular weight is 567 g/mol. The van der Waals surface area contributed by atoms with Gasteiger partial charge in [-0.15, -0.1) is 0 Å². The van der Waals surface area contributed by atoms with Crippen molar-refractivity contribution in [2.45, 2.75) is 71.0 Å². The molecule has 0 spiro atoms. The molecule has 10 nitrogen and oxygen atoms in total. The Kier molecular flexibility index (Phi) is 11.6. The first-order chi connectivity index (χ1) is 19.7. The lowest BCUT2D eigenvalue weighted by Crippen LogP contribution is -2.48. The second-order valence-corrected chi connectivity index (χ2v) is 10.2. The first kappa shape index (κ1) is 31.5. The Bertz CT molecular complexity index is 1330. The number of carbonyl (C=O) groups excluding carboxylic acids is 2. The molecule has 222 valence electrons. The van der Waals surface area contributed by atoms with Gasteiger partial charge in [-0.3, -0.25) is 14.4 Å². The molecule has 3 rings (SSSR count). The second-order valence-electron chi connectivity index (χ2n) is 10.2. The van der Waals surface area contributed by atoms with E-state index in [0.717, 1.165) is 29.4 Å². The lowest BCUT2D eigenvalue weighted by Gasteiger charge is -2.27. The first-order valence-corrected chi connectivity index (χ1v) is 14.1. The number of para-hydroxylation sites is 1. The number of methoxy groups -OCH3 is 2. The molecule has 3 aromatic rings. The number of nitrogens with two attached hydrogens (primary N) is 1. The van der Waals surface area contributed by atoms with E-state index in [1.807, 2.05) is 31.2 Å². The molecule has 41 heavy (non-hydrogen) atoms. The number of unbranched alkanes of at least 4 members (excludes halogenated alkanes) is 2. The molecule has 1 unspecified atom stereocenters. The highest BCUT2D eigenvalue weighted by Gasteiger charge is 2.29. The van der Waals surface area contributed by atoms with Crippen molar-refractivity contribution in [2.24, 2.45) is 5.73 Å². The summed E-state index contributed by atoms with van der Waals surface area (Å²) in [6, 6.07) is 11.4. The molecular formula is C31H42N4O6. The molecule has 0 saturated heterocycles. The van der Waals surface area contributed by atoms with Crippen molar-refractivity contribution >= 4 is 28.7 Å². The van der Waals surface area contributed by atoms with E-state index >= 15 is 0 Å². The maximum absolute atomic E-state index is 13.8. The standard InChI is InChI=1S/C31H42N4O6/c1-5-6-12-22(29-26(40-3)16-20(2)17-27(29)41-4)33-30(38)23(13-9-10-15-32)34-31(39)25-18-21-11-7-8-14-24(21)35(25)19-28(36)37/h7-8,11,14,16-18,22-23H,5-6,9-10,12-13,15,19,32H2,1-4H3,(H,33,38)(H,34,39)(H,36,37)/t22?,23-/m1/s1. The van der Waals surface area contributed by atoms with Gasteiger partial charge in [0.05, 0.1) is 25.8 Å². The Morgan fingerprint density at radius 2 is 1.66 bits per heavy atom. The molecule has 2 amide bonds. The fourth-order valence-corrected chi connectivity index (χ4v) is 5.08. The number of hydrogen-bond donors (Lipinski definition) is 4. The SMILES string of the molecule is CCCCC(NC(=O)[C@@H](CCCCN)NC(=O)c1cc2ccccc2n1CC(=O)O)c1c(OC)cc(C)cc1OC. The van der Waals surface area contributed by atoms with Gasteiger partial charge in [0.25, 0.3) is 5.91 Å². The molecule has 0 saturated carbocycles. The van der Waals surface area contributed by atoms with Gasteiger partial charge in [0, 0.05) is 10.9 Å². The van der Waals surface area contributed by atoms with Gasteiger partial charge in [-0.2, -0.15) is 0 Å². The van der Waals surface area contributed by atoms with Gasteiger partial charge in [-0.25, -0.2) is 0 Å². The van der Waals surface area contributed by atoms with E-state index in [4.69, 9.17) is 15.2 Å². The van der Waals surface area contributed by atoms with Gasteiger partial charge >= 0.3 is 5.97 Å². The van der Waals surface area contributed by atoms with Crippen LogP contribution in [0.25, 0.3) is 10.9 Å². The van der Waals surface area contributed by atoms with E-state index in [9.17, 15) is 19.5 Å². The molecule has 1 heterocycles. The second kappa shape index (κ2) is 15.1. The number of amides is 2. The maximum atomic E-state index is 13.8. The van der Waals surface area contributed by atoms with E-state index in [-0.39, 0.29) is 18.1 Å². The number of carboxylic acids is 1. The van der Waals surface area contributed by atoms with Crippen molar-refractivity contribution in [2.75, 3.05) is 20.8 Å². The average Bonchev–Trinajstić information content (AvgIpc) is 3.32. The van der Waals surface area contributed by atoms with Crippen LogP contribution >= 0.6 is 0 Å². The van der Waals surface area contributed by atoms with Crippen molar-refractivity contribution in [3.8, 4) is 11.5 Å². The predicted octanol–water partition coefficient (Wildman–Crippen LogP) is 4.33. The zero-order chi connectivity index (χ0) is 29.9. The molecule has 0 aliphatic rings. The van der Waals surface area contributed by atoms with E-state index in [1.54, 1.807) is 32.4 Å². The number of carbonyl (C=O) groups is 3. The van der Waals surface area contributed by atoms with Crippen LogP contribution in [0.4, 0.5) is 0 Å². The predicted molar refractivity (Wildman–Crippen MR) is 158 cm³/mol. The van der Waals surface area contributed by atoms with Crippen LogP contribution in [0.15, 0.2) is 42.5 Å². The lowest BCUT2D eigenvalue weighted by atomic mass is 9.96. The van der Waals surface area contributed by atoms with E-state index in [2.05, 4.69) is 17.6 Å². The summed E-state index contributed by atoms with van der Waals surface area (Å²) in [6.07, 6.45) is 4.12. The van der Waals surface area contributed by atoms with Crippen LogP contribution in [0.5, 0.6) is 11.5 Å². The molecule has 1 aromatic heterocycles. The number of carboxylic acid groups (broad SMARTS) is 1. The minimum absolute atomic E-state index is 0.176. The van der Waals surface area contributed by atoms with Crippen molar-refractivity contribution < 1.29 is 29.0 Å².